The molecule has 398 valence electrons. The SMILES string of the molecule is CCCCCCCC/C=C\CCCCCC(=O)OC(/C=C/CCCCCCCCCCCCC)C(COP(=O)([O-])OCC[N+](C)(C)C)NC(=O)CCCCC/C=C/C=C/CCCCCCCCC. The number of unbranched alkanes of at least 4 members (excludes halogenated alkanes) is 30. The van der Waals surface area contributed by atoms with Crippen molar-refractivity contribution in [3.63, 3.8) is 0 Å². The number of likely N-dealkylation sites (N-methyl/N-ethyl adjacent to an activating group) is 1. The molecule has 9 nitrogen and oxygen atoms in total. The summed E-state index contributed by atoms with van der Waals surface area (Å²) in [4.78, 5) is 39.8. The van der Waals surface area contributed by atoms with Gasteiger partial charge in [0.05, 0.1) is 33.8 Å². The zero-order valence-corrected chi connectivity index (χ0v) is 46.2. The molecule has 3 unspecified atom stereocenters. The van der Waals surface area contributed by atoms with Gasteiger partial charge in [-0.1, -0.05) is 211 Å². The van der Waals surface area contributed by atoms with E-state index >= 15 is 0 Å². The molecule has 68 heavy (non-hydrogen) atoms. The zero-order chi connectivity index (χ0) is 50.1. The summed E-state index contributed by atoms with van der Waals surface area (Å²) in [6, 6.07) is -0.906. The van der Waals surface area contributed by atoms with E-state index in [0.717, 1.165) is 70.6 Å². The molecule has 3 atom stereocenters. The molecule has 0 aromatic heterocycles. The summed E-state index contributed by atoms with van der Waals surface area (Å²) in [6.07, 6.45) is 57.9. The van der Waals surface area contributed by atoms with Crippen LogP contribution < -0.4 is 10.2 Å². The van der Waals surface area contributed by atoms with Crippen LogP contribution in [-0.2, 0) is 27.9 Å². The molecule has 0 heterocycles. The number of quaternary nitrogens is 1. The van der Waals surface area contributed by atoms with Crippen molar-refractivity contribution in [1.29, 1.82) is 0 Å². The molecule has 0 aromatic carbocycles. The van der Waals surface area contributed by atoms with Crippen molar-refractivity contribution in [3.8, 4) is 0 Å². The molecule has 1 N–H and O–H groups in total. The first-order chi connectivity index (χ1) is 32.9. The number of ether oxygens (including phenoxy) is 1. The van der Waals surface area contributed by atoms with E-state index in [9.17, 15) is 19.0 Å². The normalized spacial score (nSPS) is 14.2. The molecular weight excluding hydrogens is 868 g/mol. The van der Waals surface area contributed by atoms with E-state index in [-0.39, 0.29) is 31.3 Å². The predicted octanol–water partition coefficient (Wildman–Crippen LogP) is 16.3. The van der Waals surface area contributed by atoms with Crippen LogP contribution in [0.4, 0.5) is 0 Å². The van der Waals surface area contributed by atoms with Crippen LogP contribution in [0.15, 0.2) is 48.6 Å². The van der Waals surface area contributed by atoms with Crippen LogP contribution in [-0.4, -0.2) is 69.4 Å². The number of hydrogen-bond acceptors (Lipinski definition) is 7. The van der Waals surface area contributed by atoms with E-state index in [1.807, 2.05) is 33.3 Å². The van der Waals surface area contributed by atoms with Crippen molar-refractivity contribution in [3.05, 3.63) is 48.6 Å². The van der Waals surface area contributed by atoms with Crippen molar-refractivity contribution in [1.82, 2.24) is 5.32 Å². The monoisotopic (exact) mass is 977 g/mol. The van der Waals surface area contributed by atoms with Gasteiger partial charge in [0.2, 0.25) is 5.91 Å². The Morgan fingerprint density at radius 2 is 0.897 bits per heavy atom. The van der Waals surface area contributed by atoms with Gasteiger partial charge in [0.15, 0.2) is 0 Å². The molecule has 0 radical (unpaired) electrons. The topological polar surface area (TPSA) is 114 Å². The van der Waals surface area contributed by atoms with Crippen LogP contribution in [0.1, 0.15) is 258 Å². The number of carbonyl (C=O) groups is 2. The highest BCUT2D eigenvalue weighted by Gasteiger charge is 2.27. The van der Waals surface area contributed by atoms with Crippen molar-refractivity contribution in [2.24, 2.45) is 0 Å². The Hall–Kier alpha value is -2.03. The first-order valence-corrected chi connectivity index (χ1v) is 29.9. The van der Waals surface area contributed by atoms with E-state index in [1.54, 1.807) is 0 Å². The number of hydrogen-bond donors (Lipinski definition) is 1. The molecule has 0 aliphatic carbocycles. The van der Waals surface area contributed by atoms with Gasteiger partial charge in [-0.3, -0.25) is 14.2 Å². The van der Waals surface area contributed by atoms with Gasteiger partial charge < -0.3 is 28.5 Å². The molecule has 0 aliphatic heterocycles. The largest absolute Gasteiger partial charge is 0.756 e. The number of esters is 1. The molecule has 0 aliphatic rings. The summed E-state index contributed by atoms with van der Waals surface area (Å²) in [5.41, 5.74) is 0. The van der Waals surface area contributed by atoms with Gasteiger partial charge in [0.25, 0.3) is 7.82 Å². The second-order valence-corrected chi connectivity index (χ2v) is 21.9. The summed E-state index contributed by atoms with van der Waals surface area (Å²) < 4.78 is 30.2. The summed E-state index contributed by atoms with van der Waals surface area (Å²) >= 11 is 0. The van der Waals surface area contributed by atoms with Gasteiger partial charge in [0.1, 0.15) is 19.3 Å². The molecule has 0 bridgehead atoms. The van der Waals surface area contributed by atoms with E-state index in [0.29, 0.717) is 23.9 Å². The highest BCUT2D eigenvalue weighted by atomic mass is 31.2. The molecule has 10 heteroatoms. The highest BCUT2D eigenvalue weighted by Crippen LogP contribution is 2.38. The van der Waals surface area contributed by atoms with Gasteiger partial charge in [-0.25, -0.2) is 0 Å². The Morgan fingerprint density at radius 3 is 1.34 bits per heavy atom. The van der Waals surface area contributed by atoms with E-state index in [1.165, 1.54) is 141 Å². The Bertz CT molecular complexity index is 1310. The average molecular weight is 977 g/mol. The number of nitrogens with one attached hydrogen (secondary N) is 1. The van der Waals surface area contributed by atoms with Crippen molar-refractivity contribution in [2.75, 3.05) is 40.9 Å². The lowest BCUT2D eigenvalue weighted by molar-refractivity contribution is -0.870. The third kappa shape index (κ3) is 49.0. The number of carbonyl (C=O) groups excluding carboxylic acids is 2. The zero-order valence-electron chi connectivity index (χ0n) is 45.3. The van der Waals surface area contributed by atoms with Crippen LogP contribution in [0, 0.1) is 0 Å². The number of phosphoric ester groups is 1. The fourth-order valence-electron chi connectivity index (χ4n) is 8.04. The molecule has 1 amide bonds. The first kappa shape index (κ1) is 66.0. The molecule has 0 rings (SSSR count). The maximum atomic E-state index is 13.5. The van der Waals surface area contributed by atoms with Crippen LogP contribution in [0.3, 0.4) is 0 Å². The maximum Gasteiger partial charge on any atom is 0.306 e. The summed E-state index contributed by atoms with van der Waals surface area (Å²) in [5, 5.41) is 3.00. The Kier molecular flexibility index (Phi) is 47.1. The van der Waals surface area contributed by atoms with Crippen molar-refractivity contribution in [2.45, 2.75) is 270 Å². The second-order valence-electron chi connectivity index (χ2n) is 20.5. The van der Waals surface area contributed by atoms with Crippen molar-refractivity contribution >= 4 is 19.7 Å². The van der Waals surface area contributed by atoms with Gasteiger partial charge in [-0.15, -0.1) is 0 Å². The summed E-state index contributed by atoms with van der Waals surface area (Å²) in [5.74, 6) is -0.587. The maximum absolute atomic E-state index is 13.5. The molecule has 0 spiro atoms. The first-order valence-electron chi connectivity index (χ1n) is 28.5. The third-order valence-electron chi connectivity index (χ3n) is 12.5. The minimum absolute atomic E-state index is 0.0295. The smallest absolute Gasteiger partial charge is 0.306 e. The lowest BCUT2D eigenvalue weighted by atomic mass is 10.0. The minimum Gasteiger partial charge on any atom is -0.756 e. The van der Waals surface area contributed by atoms with Gasteiger partial charge in [-0.05, 0) is 83.1 Å². The standard InChI is InChI=1S/C58H109N2O7P/c1-7-10-13-16-19-22-25-28-29-30-33-35-38-41-44-47-50-57(61)59-55(54-66-68(63,64)65-53-52-60(4,5)6)56(49-46-43-40-37-34-31-26-23-20-17-14-11-8-2)67-58(62)51-48-45-42-39-36-32-27-24-21-18-15-12-9-3/h29-30,32-33,35-36,46,49,55-56H,7-28,31,34,37-45,47-48,50-54H2,1-6H3,(H-,59,61,63,64)/b30-29+,35-33+,36-32-,49-46+. The highest BCUT2D eigenvalue weighted by molar-refractivity contribution is 7.45. The fraction of sp³-hybridized carbons (Fsp3) is 0.828. The number of phosphoric acid groups is 1. The van der Waals surface area contributed by atoms with Gasteiger partial charge in [0, 0.05) is 12.8 Å². The van der Waals surface area contributed by atoms with Crippen LogP contribution in [0.2, 0.25) is 0 Å². The Labute approximate surface area is 420 Å². The molecule has 0 fully saturated rings. The van der Waals surface area contributed by atoms with Gasteiger partial charge >= 0.3 is 5.97 Å². The third-order valence-corrected chi connectivity index (χ3v) is 13.5. The predicted molar refractivity (Wildman–Crippen MR) is 289 cm³/mol. The van der Waals surface area contributed by atoms with Crippen molar-refractivity contribution < 1.29 is 37.3 Å². The summed E-state index contributed by atoms with van der Waals surface area (Å²) in [7, 11) is 1.16. The molecular formula is C58H109N2O7P. The van der Waals surface area contributed by atoms with E-state index in [4.69, 9.17) is 13.8 Å². The van der Waals surface area contributed by atoms with E-state index < -0.39 is 26.6 Å². The number of rotatable bonds is 51. The van der Waals surface area contributed by atoms with Gasteiger partial charge in [-0.2, -0.15) is 0 Å². The van der Waals surface area contributed by atoms with Crippen LogP contribution in [0.25, 0.3) is 0 Å². The Morgan fingerprint density at radius 1 is 0.515 bits per heavy atom. The average Bonchev–Trinajstić information content (AvgIpc) is 3.29. The fourth-order valence-corrected chi connectivity index (χ4v) is 8.76. The summed E-state index contributed by atoms with van der Waals surface area (Å²) in [6.45, 7) is 6.80. The number of nitrogens with zero attached hydrogens (tertiary/aromatic N) is 1. The molecule has 0 aromatic rings. The molecule has 0 saturated carbocycles. The quantitative estimate of drug-likeness (QED) is 0.0161. The number of amides is 1. The lowest BCUT2D eigenvalue weighted by Gasteiger charge is -2.30. The number of allylic oxidation sites excluding steroid dienone is 7. The molecule has 0 saturated heterocycles. The lowest BCUT2D eigenvalue weighted by Crippen LogP contribution is -2.47. The Balaban J connectivity index is 5.45. The van der Waals surface area contributed by atoms with Crippen LogP contribution >= 0.6 is 7.82 Å². The second kappa shape index (κ2) is 48.6. The van der Waals surface area contributed by atoms with E-state index in [2.05, 4.69) is 62.5 Å². The minimum atomic E-state index is -4.70. The van der Waals surface area contributed by atoms with Crippen LogP contribution in [0.5, 0.6) is 0 Å².